The first-order valence-electron chi connectivity index (χ1n) is 45.7. The highest BCUT2D eigenvalue weighted by atomic mass is 32.2. The Morgan fingerprint density at radius 3 is 1.36 bits per heavy atom. The lowest BCUT2D eigenvalue weighted by atomic mass is 9.89. The molecule has 0 bridgehead atoms. The van der Waals surface area contributed by atoms with E-state index >= 15 is 0 Å². The second-order valence-electron chi connectivity index (χ2n) is 38.6. The second kappa shape index (κ2) is 41.4. The van der Waals surface area contributed by atoms with Crippen LogP contribution in [0.2, 0.25) is 0 Å². The zero-order valence-corrected chi connectivity index (χ0v) is 81.2. The number of nitrogens with zero attached hydrogens (tertiary/aromatic N) is 10. The van der Waals surface area contributed by atoms with Gasteiger partial charge in [-0.25, -0.2) is 39.1 Å². The van der Waals surface area contributed by atoms with Crippen molar-refractivity contribution in [2.45, 2.75) is 264 Å². The SMILES string of the molecule is COc1ccc2c(O[C@@H]3C[C@H]4C(=O)N[C@]5(C(=O)O)CC5/C=C\CCCCC[C@H](NC(=O)O[C@H](CN5CCCN(C(C)C)S5(=O)=O)C(C)(C)C)C(=O)N4C3)cc(-c3csc(NC(C)C)n3)nc2c1.COc1ccc2c(O[C@@H]3C[C@H]4C(=O)N[C@]5(C(=O)O)CC5/C=C\CCCCC[C@H](NC(=O)O[C@H](CN5CCCN(C)S5(=O)=O)C(C)(C)C)C(=O)N4C3)cc(-c3csc(NC(C)C)n3)nc2c1. The van der Waals surface area contributed by atoms with Gasteiger partial charge in [0.25, 0.3) is 20.4 Å². The summed E-state index contributed by atoms with van der Waals surface area (Å²) in [5.74, 6) is -3.50. The van der Waals surface area contributed by atoms with Gasteiger partial charge in [-0.1, -0.05) is 91.5 Å². The summed E-state index contributed by atoms with van der Waals surface area (Å²) >= 11 is 2.89. The first-order chi connectivity index (χ1) is 62.5. The summed E-state index contributed by atoms with van der Waals surface area (Å²) in [7, 11) is -2.94. The molecule has 10 heterocycles. The van der Waals surface area contributed by atoms with Gasteiger partial charge in [-0.15, -0.1) is 22.7 Å². The maximum absolute atomic E-state index is 15.0. The van der Waals surface area contributed by atoms with Crippen LogP contribution in [0.15, 0.2) is 83.6 Å². The molecule has 4 saturated heterocycles. The molecule has 14 rings (SSSR count). The molecule has 2 aliphatic carbocycles. The van der Waals surface area contributed by atoms with E-state index in [-0.39, 0.29) is 95.9 Å². The molecule has 0 spiro atoms. The molecule has 36 nitrogen and oxygen atoms in total. The van der Waals surface area contributed by atoms with Crippen molar-refractivity contribution >= 4 is 123 Å². The highest BCUT2D eigenvalue weighted by Crippen LogP contribution is 2.48. The van der Waals surface area contributed by atoms with Crippen LogP contribution in [0, 0.1) is 22.7 Å². The number of aromatic nitrogens is 4. The van der Waals surface area contributed by atoms with Gasteiger partial charge < -0.3 is 80.3 Å². The summed E-state index contributed by atoms with van der Waals surface area (Å²) in [6, 6.07) is 9.86. The Bertz CT molecular complexity index is 5520. The van der Waals surface area contributed by atoms with Gasteiger partial charge in [-0.05, 0) is 130 Å². The number of carbonyl (C=O) groups is 8. The number of carbonyl (C=O) groups excluding carboxylic acids is 6. The first kappa shape index (κ1) is 99.4. The third-order valence-electron chi connectivity index (χ3n) is 25.5. The Hall–Kier alpha value is -10.1. The number of allylic oxidation sites excluding steroid dienone is 2. The van der Waals surface area contributed by atoms with Gasteiger partial charge in [0.1, 0.15) is 94.0 Å². The number of nitrogens with one attached hydrogen (secondary N) is 6. The Morgan fingerprint density at radius 1 is 0.545 bits per heavy atom. The number of anilines is 2. The molecule has 132 heavy (non-hydrogen) atoms. The molecule has 4 aromatic heterocycles. The van der Waals surface area contributed by atoms with Crippen molar-refractivity contribution in [3.63, 3.8) is 0 Å². The predicted octanol–water partition coefficient (Wildman–Crippen LogP) is 11.6. The molecular weight excluding hydrogens is 1780 g/mol. The van der Waals surface area contributed by atoms with Crippen LogP contribution in [0.4, 0.5) is 19.9 Å². The Labute approximate surface area is 780 Å². The maximum Gasteiger partial charge on any atom is 0.408 e. The minimum Gasteiger partial charge on any atom is -0.497 e. The fourth-order valence-corrected chi connectivity index (χ4v) is 22.7. The van der Waals surface area contributed by atoms with E-state index in [1.54, 1.807) is 50.6 Å². The number of methoxy groups -OCH3 is 2. The van der Waals surface area contributed by atoms with Gasteiger partial charge in [0.2, 0.25) is 23.6 Å². The zero-order chi connectivity index (χ0) is 95.3. The summed E-state index contributed by atoms with van der Waals surface area (Å²) in [6.45, 7) is 23.9. The van der Waals surface area contributed by atoms with Gasteiger partial charge in [0.15, 0.2) is 10.3 Å². The van der Waals surface area contributed by atoms with Gasteiger partial charge >= 0.3 is 24.1 Å². The van der Waals surface area contributed by atoms with Crippen molar-refractivity contribution in [2.24, 2.45) is 22.7 Å². The second-order valence-corrected chi connectivity index (χ2v) is 44.2. The van der Waals surface area contributed by atoms with E-state index in [1.807, 2.05) is 130 Å². The van der Waals surface area contributed by atoms with E-state index in [0.717, 1.165) is 23.1 Å². The van der Waals surface area contributed by atoms with Crippen LogP contribution in [0.25, 0.3) is 44.6 Å². The number of ether oxygens (including phenoxy) is 6. The third kappa shape index (κ3) is 23.3. The summed E-state index contributed by atoms with van der Waals surface area (Å²) in [5.41, 5.74) is -0.962. The van der Waals surface area contributed by atoms with Crippen LogP contribution < -0.4 is 50.8 Å². The molecular formula is C92H128N16O20S4. The van der Waals surface area contributed by atoms with Crippen molar-refractivity contribution in [3.05, 3.63) is 83.6 Å². The Morgan fingerprint density at radius 2 is 0.962 bits per heavy atom. The predicted molar refractivity (Wildman–Crippen MR) is 501 cm³/mol. The number of carboxylic acid groups (broad SMARTS) is 2. The van der Waals surface area contributed by atoms with Crippen molar-refractivity contribution < 1.29 is 93.8 Å². The molecule has 2 saturated carbocycles. The van der Waals surface area contributed by atoms with E-state index in [1.165, 1.54) is 56.7 Å². The molecule has 6 aromatic rings. The number of amides is 6. The molecule has 8 N–H and O–H groups in total. The van der Waals surface area contributed by atoms with E-state index in [0.29, 0.717) is 132 Å². The van der Waals surface area contributed by atoms with Gasteiger partial charge in [0, 0.05) is 133 Å². The van der Waals surface area contributed by atoms with Crippen LogP contribution in [0.3, 0.4) is 0 Å². The molecule has 40 heteroatoms. The zero-order valence-electron chi connectivity index (χ0n) is 77.9. The van der Waals surface area contributed by atoms with E-state index < -0.39 is 150 Å². The number of benzene rings is 2. The summed E-state index contributed by atoms with van der Waals surface area (Å²) < 4.78 is 95.6. The van der Waals surface area contributed by atoms with Crippen LogP contribution in [-0.2, 0) is 58.7 Å². The number of aliphatic carboxylic acids is 2. The minimum atomic E-state index is -3.82. The lowest BCUT2D eigenvalue weighted by Gasteiger charge is -2.40. The van der Waals surface area contributed by atoms with E-state index in [9.17, 15) is 65.4 Å². The van der Waals surface area contributed by atoms with Crippen molar-refractivity contribution in [1.82, 2.24) is 68.2 Å². The number of thiazole rings is 2. The number of hydrogen-bond acceptors (Lipinski definition) is 26. The summed E-state index contributed by atoms with van der Waals surface area (Å²) in [5, 5.41) is 45.2. The molecule has 0 radical (unpaired) electrons. The van der Waals surface area contributed by atoms with E-state index in [4.69, 9.17) is 48.4 Å². The van der Waals surface area contributed by atoms with Crippen LogP contribution >= 0.6 is 22.7 Å². The van der Waals surface area contributed by atoms with Gasteiger partial charge in [-0.2, -0.15) is 34.1 Å². The summed E-state index contributed by atoms with van der Waals surface area (Å²) in [4.78, 5) is 134. The Kier molecular flexibility index (Phi) is 31.2. The highest BCUT2D eigenvalue weighted by Gasteiger charge is 2.63. The number of hydrogen-bond donors (Lipinski definition) is 8. The fraction of sp³-hybridized carbons (Fsp3) is 0.609. The maximum atomic E-state index is 15.0. The van der Waals surface area contributed by atoms with Gasteiger partial charge in [0.05, 0.1) is 62.8 Å². The summed E-state index contributed by atoms with van der Waals surface area (Å²) in [6.07, 6.45) is 10.1. The number of carboxylic acids is 2. The lowest BCUT2D eigenvalue weighted by molar-refractivity contribution is -0.146. The molecule has 720 valence electrons. The number of alkyl carbamates (subject to hydrolysis) is 2. The average molecular weight is 1910 g/mol. The standard InChI is InChI=1S/C47H66N8O10S2.C45H62N8O10S2/c1-28(2)48-44-50-37(27-66-44)36-23-39(33-18-17-31(63-8)21-35(33)49-36)64-32-22-38-41(56)52-47(43(58)59)24-30(47)15-12-10-9-11-13-16-34(42(57)54(38)25-32)51-45(60)65-40(46(5,6)7)26-53-19-14-20-55(29(3)4)67(53,61)62;1-27(2)46-42-48-35(26-64-42)34-22-37(31-17-16-29(61-7)20-33(31)47-34)62-30-21-36-39(54)50-45(41(56)57)23-28(45)14-11-9-8-10-12-15-32(40(55)53(36)24-30)49-43(58)63-38(44(3,4)5)25-52-19-13-18-51(6)65(52,59)60/h12,15,17-18,21,23,27-30,32,34,38,40H,9-11,13-14,16,19-20,22,24-26H2,1-8H3,(H,48,50)(H,51,60)(H,52,56)(H,58,59);11,14,16-17,20,22,26-28,30,32,36,38H,8-10,12-13,15,18-19,21,23-25H2,1-7H3,(H,46,48)(H,49,58)(H,50,54)(H,56,57)/b15-12-;14-11-/t30?,32-,34+,38+,40-,47-;28?,30-,32+,36+,38-,45-/m11/s1. The normalized spacial score (nSPS) is 26.3. The quantitative estimate of drug-likeness (QED) is 0.0276. The van der Waals surface area contributed by atoms with E-state index in [2.05, 4.69) is 31.9 Å². The molecule has 12 atom stereocenters. The number of fused-ring (bicyclic) bond motifs is 6. The minimum absolute atomic E-state index is 0.0171. The number of pyridine rings is 2. The molecule has 8 aliphatic rings. The monoisotopic (exact) mass is 1900 g/mol. The van der Waals surface area contributed by atoms with Crippen molar-refractivity contribution in [1.29, 1.82) is 0 Å². The lowest BCUT2D eigenvalue weighted by Crippen LogP contribution is -2.57. The fourth-order valence-electron chi connectivity index (χ4n) is 17.7. The van der Waals surface area contributed by atoms with Crippen LogP contribution in [-0.4, -0.2) is 273 Å². The highest BCUT2D eigenvalue weighted by molar-refractivity contribution is 7.87. The third-order valence-corrected chi connectivity index (χ3v) is 31.2. The topological polar surface area (TPSA) is 444 Å². The largest absolute Gasteiger partial charge is 0.497 e. The molecule has 6 amide bonds. The average Bonchev–Trinajstić information content (AvgIpc) is 1.58. The number of rotatable bonds is 23. The van der Waals surface area contributed by atoms with Crippen molar-refractivity contribution in [3.8, 4) is 45.8 Å². The molecule has 6 aliphatic heterocycles. The smallest absolute Gasteiger partial charge is 0.408 e. The van der Waals surface area contributed by atoms with Gasteiger partial charge in [-0.3, -0.25) is 19.2 Å². The van der Waals surface area contributed by atoms with Crippen LogP contribution in [0.5, 0.6) is 23.0 Å². The molecule has 6 fully saturated rings. The molecule has 2 unspecified atom stereocenters. The first-order valence-corrected chi connectivity index (χ1v) is 50.3. The molecule has 2 aromatic carbocycles. The van der Waals surface area contributed by atoms with Crippen LogP contribution in [0.1, 0.15) is 186 Å². The van der Waals surface area contributed by atoms with Crippen molar-refractivity contribution in [2.75, 3.05) is 84.3 Å². The Balaban J connectivity index is 0.000000225.